The third-order valence-electron chi connectivity index (χ3n) is 2.95. The first-order chi connectivity index (χ1) is 9.06. The number of nitrogens with one attached hydrogen (secondary N) is 1. The molecule has 19 heavy (non-hydrogen) atoms. The molecular formula is C14H17ClN2OS. The van der Waals surface area contributed by atoms with Gasteiger partial charge in [-0.25, -0.2) is 4.98 Å². The summed E-state index contributed by atoms with van der Waals surface area (Å²) in [7, 11) is 0. The van der Waals surface area contributed by atoms with Crippen molar-refractivity contribution in [1.29, 1.82) is 0 Å². The van der Waals surface area contributed by atoms with E-state index in [1.54, 1.807) is 23.5 Å². The van der Waals surface area contributed by atoms with Crippen molar-refractivity contribution >= 4 is 22.9 Å². The maximum Gasteiger partial charge on any atom is 0.0940 e. The zero-order valence-corrected chi connectivity index (χ0v) is 12.5. The summed E-state index contributed by atoms with van der Waals surface area (Å²) in [6.45, 7) is 4.67. The van der Waals surface area contributed by atoms with Crippen LogP contribution in [0, 0.1) is 6.92 Å². The first-order valence-electron chi connectivity index (χ1n) is 6.14. The summed E-state index contributed by atoms with van der Waals surface area (Å²) in [5.74, 6) is 0. The highest BCUT2D eigenvalue weighted by molar-refractivity contribution is 7.11. The number of thiazole rings is 1. The minimum Gasteiger partial charge on any atom is -0.387 e. The van der Waals surface area contributed by atoms with Gasteiger partial charge in [0.1, 0.15) is 0 Å². The van der Waals surface area contributed by atoms with Gasteiger partial charge in [0, 0.05) is 28.7 Å². The van der Waals surface area contributed by atoms with Crippen LogP contribution in [0.4, 0.5) is 0 Å². The van der Waals surface area contributed by atoms with E-state index in [-0.39, 0.29) is 6.04 Å². The number of aliphatic hydroxyl groups excluding tert-OH is 1. The van der Waals surface area contributed by atoms with E-state index in [0.29, 0.717) is 5.02 Å². The Morgan fingerprint density at radius 2 is 2.05 bits per heavy atom. The Morgan fingerprint density at radius 1 is 1.37 bits per heavy atom. The molecule has 0 radical (unpaired) electrons. The maximum atomic E-state index is 10.2. The van der Waals surface area contributed by atoms with Gasteiger partial charge in [-0.2, -0.15) is 0 Å². The van der Waals surface area contributed by atoms with Crippen LogP contribution in [0.1, 0.15) is 28.5 Å². The number of nitrogens with zero attached hydrogens (tertiary/aromatic N) is 1. The Bertz CT molecular complexity index is 526. The average molecular weight is 297 g/mol. The van der Waals surface area contributed by atoms with Gasteiger partial charge in [-0.05, 0) is 31.5 Å². The molecule has 2 unspecified atom stereocenters. The predicted molar refractivity (Wildman–Crippen MR) is 79.6 cm³/mol. The van der Waals surface area contributed by atoms with E-state index < -0.39 is 6.10 Å². The molecule has 102 valence electrons. The first kappa shape index (κ1) is 14.5. The first-order valence-corrected chi connectivity index (χ1v) is 7.34. The molecular weight excluding hydrogens is 280 g/mol. The lowest BCUT2D eigenvalue weighted by atomic mass is 10.0. The average Bonchev–Trinajstić information content (AvgIpc) is 2.82. The minimum atomic E-state index is -0.550. The van der Waals surface area contributed by atoms with Crippen LogP contribution in [0.15, 0.2) is 30.5 Å². The molecule has 0 aliphatic rings. The molecule has 0 aliphatic carbocycles. The molecule has 2 atom stereocenters. The Labute approximate surface area is 122 Å². The van der Waals surface area contributed by atoms with Gasteiger partial charge in [-0.3, -0.25) is 0 Å². The van der Waals surface area contributed by atoms with Crippen LogP contribution in [0.25, 0.3) is 0 Å². The highest BCUT2D eigenvalue weighted by atomic mass is 35.5. The summed E-state index contributed by atoms with van der Waals surface area (Å²) < 4.78 is 0. The van der Waals surface area contributed by atoms with Crippen LogP contribution in [-0.4, -0.2) is 16.1 Å². The molecule has 3 nitrogen and oxygen atoms in total. The number of halogens is 1. The van der Waals surface area contributed by atoms with Crippen LogP contribution in [-0.2, 0) is 6.54 Å². The fourth-order valence-electron chi connectivity index (χ4n) is 1.81. The number of aromatic nitrogens is 1. The predicted octanol–water partition coefficient (Wildman–Crippen LogP) is 3.32. The summed E-state index contributed by atoms with van der Waals surface area (Å²) in [6, 6.07) is 7.24. The lowest BCUT2D eigenvalue weighted by Gasteiger charge is -2.20. The summed E-state index contributed by atoms with van der Waals surface area (Å²) in [5, 5.41) is 15.3. The van der Waals surface area contributed by atoms with Crippen LogP contribution in [0.5, 0.6) is 0 Å². The van der Waals surface area contributed by atoms with Crippen molar-refractivity contribution in [2.45, 2.75) is 32.5 Å². The van der Waals surface area contributed by atoms with E-state index in [1.165, 1.54) is 4.88 Å². The van der Waals surface area contributed by atoms with Gasteiger partial charge >= 0.3 is 0 Å². The van der Waals surface area contributed by atoms with E-state index >= 15 is 0 Å². The van der Waals surface area contributed by atoms with Gasteiger partial charge in [0.05, 0.1) is 11.1 Å². The normalized spacial score (nSPS) is 14.3. The molecule has 0 spiro atoms. The smallest absolute Gasteiger partial charge is 0.0940 e. The molecule has 0 saturated carbocycles. The van der Waals surface area contributed by atoms with Gasteiger partial charge in [0.15, 0.2) is 0 Å². The summed E-state index contributed by atoms with van der Waals surface area (Å²) in [6.07, 6.45) is 1.32. The number of benzene rings is 1. The van der Waals surface area contributed by atoms with Gasteiger partial charge in [0.25, 0.3) is 0 Å². The molecule has 2 N–H and O–H groups in total. The number of aryl methyl sites for hydroxylation is 1. The van der Waals surface area contributed by atoms with Crippen molar-refractivity contribution in [2.24, 2.45) is 0 Å². The molecule has 0 amide bonds. The molecule has 2 rings (SSSR count). The molecule has 1 heterocycles. The maximum absolute atomic E-state index is 10.2. The van der Waals surface area contributed by atoms with Crippen molar-refractivity contribution in [3.05, 3.63) is 50.9 Å². The fraction of sp³-hybridized carbons (Fsp3) is 0.357. The van der Waals surface area contributed by atoms with Crippen LogP contribution < -0.4 is 5.32 Å². The van der Waals surface area contributed by atoms with Crippen molar-refractivity contribution in [1.82, 2.24) is 10.3 Å². The van der Waals surface area contributed by atoms with Crippen LogP contribution in [0.2, 0.25) is 5.02 Å². The van der Waals surface area contributed by atoms with Crippen molar-refractivity contribution < 1.29 is 5.11 Å². The summed E-state index contributed by atoms with van der Waals surface area (Å²) in [4.78, 5) is 5.38. The lowest BCUT2D eigenvalue weighted by Crippen LogP contribution is -2.31. The van der Waals surface area contributed by atoms with Crippen molar-refractivity contribution in [3.63, 3.8) is 0 Å². The fourth-order valence-corrected chi connectivity index (χ4v) is 2.68. The topological polar surface area (TPSA) is 45.2 Å². The second kappa shape index (κ2) is 6.48. The van der Waals surface area contributed by atoms with E-state index in [4.69, 9.17) is 11.6 Å². The van der Waals surface area contributed by atoms with E-state index in [9.17, 15) is 5.11 Å². The molecule has 2 aromatic rings. The Balaban J connectivity index is 1.92. The van der Waals surface area contributed by atoms with Crippen molar-refractivity contribution in [3.8, 4) is 0 Å². The molecule has 1 aromatic heterocycles. The van der Waals surface area contributed by atoms with Crippen LogP contribution >= 0.6 is 22.9 Å². The highest BCUT2D eigenvalue weighted by Gasteiger charge is 2.16. The molecule has 0 aliphatic heterocycles. The molecule has 1 aromatic carbocycles. The summed E-state index contributed by atoms with van der Waals surface area (Å²) >= 11 is 7.50. The third-order valence-corrected chi connectivity index (χ3v) is 4.12. The third kappa shape index (κ3) is 4.01. The van der Waals surface area contributed by atoms with E-state index in [1.807, 2.05) is 32.2 Å². The zero-order valence-electron chi connectivity index (χ0n) is 10.9. The quantitative estimate of drug-likeness (QED) is 0.890. The summed E-state index contributed by atoms with van der Waals surface area (Å²) in [5.41, 5.74) is 0.866. The Kier molecular flexibility index (Phi) is 4.93. The minimum absolute atomic E-state index is 0.0384. The number of hydrogen-bond donors (Lipinski definition) is 2. The SMILES string of the molecule is Cc1ncc(CNC(C)C(O)c2ccc(Cl)cc2)s1. The van der Waals surface area contributed by atoms with Gasteiger partial charge < -0.3 is 10.4 Å². The second-order valence-corrected chi connectivity index (χ2v) is 6.27. The van der Waals surface area contributed by atoms with Crippen LogP contribution in [0.3, 0.4) is 0 Å². The Morgan fingerprint density at radius 3 is 2.63 bits per heavy atom. The number of hydrogen-bond acceptors (Lipinski definition) is 4. The Hall–Kier alpha value is -0.940. The van der Waals surface area contributed by atoms with E-state index in [0.717, 1.165) is 17.1 Å². The van der Waals surface area contributed by atoms with E-state index in [2.05, 4.69) is 10.3 Å². The zero-order chi connectivity index (χ0) is 13.8. The highest BCUT2D eigenvalue weighted by Crippen LogP contribution is 2.20. The molecule has 5 heteroatoms. The molecule has 0 bridgehead atoms. The monoisotopic (exact) mass is 296 g/mol. The van der Waals surface area contributed by atoms with Crippen molar-refractivity contribution in [2.75, 3.05) is 0 Å². The largest absolute Gasteiger partial charge is 0.387 e. The van der Waals surface area contributed by atoms with Gasteiger partial charge in [-0.15, -0.1) is 11.3 Å². The van der Waals surface area contributed by atoms with Gasteiger partial charge in [-0.1, -0.05) is 23.7 Å². The molecule has 0 fully saturated rings. The number of rotatable bonds is 5. The number of aliphatic hydroxyl groups is 1. The lowest BCUT2D eigenvalue weighted by molar-refractivity contribution is 0.135. The second-order valence-electron chi connectivity index (χ2n) is 4.51. The standard InChI is InChI=1S/C14H17ClN2OS/c1-9(16-7-13-8-17-10(2)19-13)14(18)11-3-5-12(15)6-4-11/h3-6,8-9,14,16,18H,7H2,1-2H3. The molecule has 0 saturated heterocycles. The van der Waals surface area contributed by atoms with Gasteiger partial charge in [0.2, 0.25) is 0 Å².